The second-order valence-corrected chi connectivity index (χ2v) is 1.59. The number of terminal acetylenes is 1. The van der Waals surface area contributed by atoms with Crippen molar-refractivity contribution < 1.29 is 0 Å². The van der Waals surface area contributed by atoms with Gasteiger partial charge in [-0.1, -0.05) is 30.9 Å². The lowest BCUT2D eigenvalue weighted by Gasteiger charge is -1.90. The second-order valence-electron chi connectivity index (χ2n) is 1.36. The Balaban J connectivity index is 3.96. The molecule has 0 radical (unpaired) electrons. The predicted molar refractivity (Wildman–Crippen MR) is 43.9 cm³/mol. The van der Waals surface area contributed by atoms with Crippen LogP contribution < -0.4 is 4.72 Å². The Bertz CT molecular complexity index is 162. The van der Waals surface area contributed by atoms with Crippen molar-refractivity contribution in [2.75, 3.05) is 0 Å². The number of hydrogen-bond acceptors (Lipinski definition) is 2. The average Bonchev–Trinajstić information content (AvgIpc) is 1.91. The summed E-state index contributed by atoms with van der Waals surface area (Å²) in [5.74, 6) is 2.41. The summed E-state index contributed by atoms with van der Waals surface area (Å²) in [7, 11) is 0. The predicted octanol–water partition coefficient (Wildman–Crippen LogP) is 1.51. The zero-order chi connectivity index (χ0) is 7.11. The van der Waals surface area contributed by atoms with E-state index in [4.69, 9.17) is 6.42 Å². The average molecular weight is 139 g/mol. The highest BCUT2D eigenvalue weighted by Crippen LogP contribution is 1.87. The lowest BCUT2D eigenvalue weighted by Crippen LogP contribution is -1.93. The zero-order valence-corrected chi connectivity index (χ0v) is 6.15. The molecule has 0 spiro atoms. The summed E-state index contributed by atoms with van der Waals surface area (Å²) >= 11 is 3.77. The summed E-state index contributed by atoms with van der Waals surface area (Å²) < 4.78 is 2.55. The highest BCUT2D eigenvalue weighted by atomic mass is 32.1. The van der Waals surface area contributed by atoms with E-state index in [1.807, 2.05) is 19.1 Å². The third-order valence-corrected chi connectivity index (χ3v) is 0.972. The van der Waals surface area contributed by atoms with Crippen LogP contribution in [0, 0.1) is 12.3 Å². The van der Waals surface area contributed by atoms with Crippen LogP contribution >= 0.6 is 12.8 Å². The van der Waals surface area contributed by atoms with Crippen LogP contribution in [0.2, 0.25) is 0 Å². The molecule has 0 bridgehead atoms. The minimum atomic E-state index is 0.663. The standard InChI is InChI=1S/C7H9NS/c1-3-5-6-7(4-2)8-9/h2-3,5-6,8-9H,1H3/b5-3-,7-6+. The maximum atomic E-state index is 5.06. The van der Waals surface area contributed by atoms with Gasteiger partial charge in [-0.15, -0.1) is 6.42 Å². The van der Waals surface area contributed by atoms with Gasteiger partial charge in [0.15, 0.2) is 0 Å². The number of hydrogen-bond donors (Lipinski definition) is 2. The Morgan fingerprint density at radius 2 is 2.44 bits per heavy atom. The molecule has 9 heavy (non-hydrogen) atoms. The first-order valence-electron chi connectivity index (χ1n) is 2.54. The van der Waals surface area contributed by atoms with Gasteiger partial charge in [-0.2, -0.15) is 0 Å². The number of allylic oxidation sites excluding steroid dienone is 4. The summed E-state index contributed by atoms with van der Waals surface area (Å²) in [4.78, 5) is 0. The Hall–Kier alpha value is -0.810. The number of nitrogens with one attached hydrogen (secondary N) is 1. The van der Waals surface area contributed by atoms with Crippen LogP contribution in [0.15, 0.2) is 23.9 Å². The molecule has 0 aliphatic rings. The van der Waals surface area contributed by atoms with Gasteiger partial charge in [-0.3, -0.25) is 0 Å². The van der Waals surface area contributed by atoms with Crippen molar-refractivity contribution >= 4 is 12.8 Å². The SMILES string of the molecule is C#C/C(=C\C=C/C)NS. The fourth-order valence-corrected chi connectivity index (χ4v) is 0.449. The third kappa shape index (κ3) is 3.75. The van der Waals surface area contributed by atoms with E-state index in [2.05, 4.69) is 23.5 Å². The first-order chi connectivity index (χ1) is 4.35. The van der Waals surface area contributed by atoms with Crippen molar-refractivity contribution in [1.29, 1.82) is 0 Å². The molecule has 1 N–H and O–H groups in total. The van der Waals surface area contributed by atoms with Crippen molar-refractivity contribution in [3.05, 3.63) is 23.9 Å². The van der Waals surface area contributed by atoms with E-state index in [9.17, 15) is 0 Å². The summed E-state index contributed by atoms with van der Waals surface area (Å²) in [6, 6.07) is 0. The van der Waals surface area contributed by atoms with E-state index >= 15 is 0 Å². The van der Waals surface area contributed by atoms with Gasteiger partial charge in [0.2, 0.25) is 0 Å². The monoisotopic (exact) mass is 139 g/mol. The van der Waals surface area contributed by atoms with Crippen molar-refractivity contribution in [3.8, 4) is 12.3 Å². The molecule has 0 aromatic carbocycles. The van der Waals surface area contributed by atoms with Crippen LogP contribution in [0.3, 0.4) is 0 Å². The van der Waals surface area contributed by atoms with Crippen LogP contribution in [0.1, 0.15) is 6.92 Å². The van der Waals surface area contributed by atoms with Gasteiger partial charge in [-0.05, 0) is 13.0 Å². The quantitative estimate of drug-likeness (QED) is 0.336. The Morgan fingerprint density at radius 1 is 1.78 bits per heavy atom. The molecule has 0 unspecified atom stereocenters. The van der Waals surface area contributed by atoms with Crippen molar-refractivity contribution in [2.24, 2.45) is 0 Å². The summed E-state index contributed by atoms with van der Waals surface area (Å²) in [5.41, 5.74) is 0.663. The third-order valence-electron chi connectivity index (χ3n) is 0.731. The Kier molecular flexibility index (Phi) is 4.85. The van der Waals surface area contributed by atoms with Crippen LogP contribution in [0.25, 0.3) is 0 Å². The molecule has 0 aromatic heterocycles. The summed E-state index contributed by atoms with van der Waals surface area (Å²) in [5, 5.41) is 0. The molecule has 0 aliphatic heterocycles. The molecule has 2 heteroatoms. The molecule has 48 valence electrons. The maximum Gasteiger partial charge on any atom is 0.0947 e. The smallest absolute Gasteiger partial charge is 0.0947 e. The van der Waals surface area contributed by atoms with Gasteiger partial charge in [0, 0.05) is 0 Å². The minimum absolute atomic E-state index is 0.663. The lowest BCUT2D eigenvalue weighted by atomic mass is 10.4. The first kappa shape index (κ1) is 8.19. The Morgan fingerprint density at radius 3 is 2.78 bits per heavy atom. The number of rotatable bonds is 2. The Labute approximate surface area is 61.4 Å². The van der Waals surface area contributed by atoms with E-state index in [-0.39, 0.29) is 0 Å². The number of thiol groups is 1. The van der Waals surface area contributed by atoms with E-state index in [1.54, 1.807) is 6.08 Å². The van der Waals surface area contributed by atoms with Crippen LogP contribution in [0.5, 0.6) is 0 Å². The van der Waals surface area contributed by atoms with Crippen LogP contribution in [-0.4, -0.2) is 0 Å². The highest BCUT2D eigenvalue weighted by molar-refractivity contribution is 7.78. The first-order valence-corrected chi connectivity index (χ1v) is 2.99. The topological polar surface area (TPSA) is 12.0 Å². The molecule has 0 fully saturated rings. The fraction of sp³-hybridized carbons (Fsp3) is 0.143. The van der Waals surface area contributed by atoms with Crippen LogP contribution in [-0.2, 0) is 0 Å². The van der Waals surface area contributed by atoms with Crippen molar-refractivity contribution in [2.45, 2.75) is 6.92 Å². The van der Waals surface area contributed by atoms with Crippen molar-refractivity contribution in [3.63, 3.8) is 0 Å². The van der Waals surface area contributed by atoms with Gasteiger partial charge in [0.25, 0.3) is 0 Å². The molecule has 0 saturated heterocycles. The molecule has 0 amide bonds. The molecule has 0 rings (SSSR count). The largest absolute Gasteiger partial charge is 0.325 e. The van der Waals surface area contributed by atoms with Gasteiger partial charge in [0.1, 0.15) is 0 Å². The lowest BCUT2D eigenvalue weighted by molar-refractivity contribution is 1.33. The fourth-order valence-electron chi connectivity index (χ4n) is 0.310. The molecular formula is C7H9NS. The normalized spacial score (nSPS) is 11.4. The van der Waals surface area contributed by atoms with Gasteiger partial charge in [-0.25, -0.2) is 0 Å². The van der Waals surface area contributed by atoms with E-state index < -0.39 is 0 Å². The zero-order valence-electron chi connectivity index (χ0n) is 5.26. The molecule has 0 atom stereocenters. The molecule has 1 nitrogen and oxygen atoms in total. The minimum Gasteiger partial charge on any atom is -0.325 e. The molecular weight excluding hydrogens is 130 g/mol. The van der Waals surface area contributed by atoms with Gasteiger partial charge in [0.05, 0.1) is 5.70 Å². The van der Waals surface area contributed by atoms with E-state index in [0.29, 0.717) is 5.70 Å². The second kappa shape index (κ2) is 5.33. The van der Waals surface area contributed by atoms with Crippen molar-refractivity contribution in [1.82, 2.24) is 4.72 Å². The molecule has 0 saturated carbocycles. The summed E-state index contributed by atoms with van der Waals surface area (Å²) in [6.45, 7) is 1.92. The van der Waals surface area contributed by atoms with Crippen LogP contribution in [0.4, 0.5) is 0 Å². The molecule has 0 aromatic rings. The van der Waals surface area contributed by atoms with E-state index in [0.717, 1.165) is 0 Å². The summed E-state index contributed by atoms with van der Waals surface area (Å²) in [6.07, 6.45) is 10.6. The maximum absolute atomic E-state index is 5.06. The van der Waals surface area contributed by atoms with E-state index in [1.165, 1.54) is 0 Å². The molecule has 0 aliphatic carbocycles. The van der Waals surface area contributed by atoms with Gasteiger partial charge < -0.3 is 4.72 Å². The highest BCUT2D eigenvalue weighted by Gasteiger charge is 1.78. The molecule has 0 heterocycles. The van der Waals surface area contributed by atoms with Gasteiger partial charge >= 0.3 is 0 Å².